The topological polar surface area (TPSA) is 65.6 Å². The summed E-state index contributed by atoms with van der Waals surface area (Å²) in [4.78, 5) is 4.25. The van der Waals surface area contributed by atoms with E-state index in [4.69, 9.17) is 12.2 Å². The molecule has 1 heterocycles. The predicted octanol–water partition coefficient (Wildman–Crippen LogP) is -0.483. The number of H-pyrrole nitrogens is 1. The highest BCUT2D eigenvalue weighted by atomic mass is 32.1. The van der Waals surface area contributed by atoms with Crippen molar-refractivity contribution in [2.24, 2.45) is 0 Å². The predicted molar refractivity (Wildman–Crippen MR) is 56.3 cm³/mol. The van der Waals surface area contributed by atoms with Gasteiger partial charge in [-0.3, -0.25) is 5.10 Å². The molecule has 2 rings (SSSR count). The number of aromatic amines is 1. The van der Waals surface area contributed by atoms with Crippen molar-refractivity contribution >= 4 is 31.3 Å². The van der Waals surface area contributed by atoms with Gasteiger partial charge in [0.05, 0.1) is 0 Å². The maximum atomic E-state index is 4.91. The van der Waals surface area contributed by atoms with Gasteiger partial charge in [-0.15, -0.1) is 5.10 Å². The van der Waals surface area contributed by atoms with Gasteiger partial charge >= 0.3 is 0 Å². The van der Waals surface area contributed by atoms with Gasteiger partial charge < -0.3 is 10.5 Å². The lowest BCUT2D eigenvalue weighted by Gasteiger charge is -2.00. The molecule has 5 nitrogen and oxygen atoms in total. The molecule has 0 spiro atoms. The van der Waals surface area contributed by atoms with Crippen molar-refractivity contribution in [3.05, 3.63) is 5.82 Å². The summed E-state index contributed by atoms with van der Waals surface area (Å²) in [6.45, 7) is 0. The summed E-state index contributed by atoms with van der Waals surface area (Å²) in [5.74, 6) is 2.09. The fourth-order valence-electron chi connectivity index (χ4n) is 1.03. The molecule has 1 saturated carbocycles. The first-order valence-corrected chi connectivity index (χ1v) is 4.61. The van der Waals surface area contributed by atoms with E-state index in [9.17, 15) is 0 Å². The number of hydrogen-bond acceptors (Lipinski definition) is 3. The molecular formula is C6H10BN5S. The highest BCUT2D eigenvalue weighted by Crippen LogP contribution is 2.37. The molecule has 68 valence electrons. The molecule has 7 heteroatoms. The summed E-state index contributed by atoms with van der Waals surface area (Å²) in [6, 6.07) is 0. The number of anilines is 1. The fourth-order valence-corrected chi connectivity index (χ4v) is 1.12. The first kappa shape index (κ1) is 8.49. The van der Waals surface area contributed by atoms with E-state index in [1.165, 1.54) is 12.8 Å². The lowest BCUT2D eigenvalue weighted by Crippen LogP contribution is -2.26. The number of thiocarbonyl (C=S) groups is 1. The summed E-state index contributed by atoms with van der Waals surface area (Å²) >= 11 is 4.91. The second kappa shape index (κ2) is 3.33. The van der Waals surface area contributed by atoms with Crippen molar-refractivity contribution in [2.45, 2.75) is 18.8 Å². The van der Waals surface area contributed by atoms with E-state index >= 15 is 0 Å². The van der Waals surface area contributed by atoms with Crippen LogP contribution in [0.5, 0.6) is 0 Å². The highest BCUT2D eigenvalue weighted by molar-refractivity contribution is 7.80. The van der Waals surface area contributed by atoms with E-state index < -0.39 is 0 Å². The molecule has 3 N–H and O–H groups in total. The first-order valence-electron chi connectivity index (χ1n) is 4.20. The lowest BCUT2D eigenvalue weighted by atomic mass is 10.4. The van der Waals surface area contributed by atoms with Crippen molar-refractivity contribution in [3.8, 4) is 0 Å². The number of aromatic nitrogens is 3. The monoisotopic (exact) mass is 195 g/mol. The molecule has 1 aliphatic carbocycles. The second-order valence-corrected chi connectivity index (χ2v) is 3.43. The van der Waals surface area contributed by atoms with Gasteiger partial charge in [0.2, 0.25) is 13.9 Å². The Morgan fingerprint density at radius 1 is 1.62 bits per heavy atom. The zero-order valence-corrected chi connectivity index (χ0v) is 8.11. The summed E-state index contributed by atoms with van der Waals surface area (Å²) < 4.78 is 0. The van der Waals surface area contributed by atoms with Gasteiger partial charge in [-0.1, -0.05) is 0 Å². The van der Waals surface area contributed by atoms with Gasteiger partial charge in [0.1, 0.15) is 5.82 Å². The van der Waals surface area contributed by atoms with Gasteiger partial charge in [-0.25, -0.2) is 0 Å². The first-order chi connectivity index (χ1) is 6.29. The molecule has 1 fully saturated rings. The van der Waals surface area contributed by atoms with Crippen molar-refractivity contribution in [3.63, 3.8) is 0 Å². The Morgan fingerprint density at radius 2 is 2.38 bits per heavy atom. The third kappa shape index (κ3) is 1.97. The molecule has 0 saturated heterocycles. The SMILES string of the molecule is BNC(=S)Nc1n[nH]c(C2CC2)n1. The second-order valence-electron chi connectivity index (χ2n) is 3.02. The van der Waals surface area contributed by atoms with Crippen LogP contribution in [0.4, 0.5) is 5.95 Å². The highest BCUT2D eigenvalue weighted by Gasteiger charge is 2.27. The molecule has 0 aromatic carbocycles. The fraction of sp³-hybridized carbons (Fsp3) is 0.500. The third-order valence-electron chi connectivity index (χ3n) is 1.92. The van der Waals surface area contributed by atoms with Crippen LogP contribution < -0.4 is 10.5 Å². The molecular weight excluding hydrogens is 185 g/mol. The van der Waals surface area contributed by atoms with Gasteiger partial charge in [0.15, 0.2) is 5.11 Å². The van der Waals surface area contributed by atoms with Crippen LogP contribution in [0.3, 0.4) is 0 Å². The molecule has 0 amide bonds. The maximum absolute atomic E-state index is 4.91. The molecule has 0 atom stereocenters. The Bertz CT molecular complexity index is 321. The Kier molecular flexibility index (Phi) is 2.18. The van der Waals surface area contributed by atoms with Crippen molar-refractivity contribution < 1.29 is 0 Å². The van der Waals surface area contributed by atoms with Crippen LogP contribution >= 0.6 is 12.2 Å². The number of hydrogen-bond donors (Lipinski definition) is 3. The minimum absolute atomic E-state index is 0.529. The van der Waals surface area contributed by atoms with Crippen LogP contribution in [0.2, 0.25) is 0 Å². The standard InChI is InChI=1S/C6H10BN5S/c7-10-6(13)9-5-8-4(11-12-5)3-1-2-3/h3H,1-2,7H2,(H3,8,9,10,11,12,13). The number of nitrogens with zero attached hydrogens (tertiary/aromatic N) is 2. The van der Waals surface area contributed by atoms with Crippen LogP contribution in [0, 0.1) is 0 Å². The Hall–Kier alpha value is -1.11. The molecule has 1 aliphatic rings. The minimum atomic E-state index is 0.529. The van der Waals surface area contributed by atoms with Crippen LogP contribution in [-0.2, 0) is 0 Å². The molecule has 0 bridgehead atoms. The van der Waals surface area contributed by atoms with Gasteiger partial charge in [0, 0.05) is 5.92 Å². The molecule has 13 heavy (non-hydrogen) atoms. The smallest absolute Gasteiger partial charge is 0.248 e. The number of rotatable bonds is 2. The van der Waals surface area contributed by atoms with E-state index in [0.717, 1.165) is 5.82 Å². The van der Waals surface area contributed by atoms with E-state index in [1.54, 1.807) is 7.98 Å². The Balaban J connectivity index is 2.00. The Morgan fingerprint density at radius 3 is 3.00 bits per heavy atom. The maximum Gasteiger partial charge on any atom is 0.248 e. The molecule has 0 aliphatic heterocycles. The van der Waals surface area contributed by atoms with E-state index in [-0.39, 0.29) is 0 Å². The van der Waals surface area contributed by atoms with Crippen molar-refractivity contribution in [1.29, 1.82) is 0 Å². The largest absolute Gasteiger partial charge is 0.412 e. The molecule has 0 unspecified atom stereocenters. The van der Waals surface area contributed by atoms with Crippen molar-refractivity contribution in [2.75, 3.05) is 5.32 Å². The lowest BCUT2D eigenvalue weighted by molar-refractivity contribution is 0.935. The average molecular weight is 195 g/mol. The normalized spacial score (nSPS) is 15.4. The number of nitrogens with one attached hydrogen (secondary N) is 3. The van der Waals surface area contributed by atoms with E-state index in [2.05, 4.69) is 25.7 Å². The van der Waals surface area contributed by atoms with E-state index in [0.29, 0.717) is 17.0 Å². The van der Waals surface area contributed by atoms with Crippen LogP contribution in [0.25, 0.3) is 0 Å². The average Bonchev–Trinajstić information content (AvgIpc) is 2.88. The summed E-state index contributed by atoms with van der Waals surface area (Å²) in [5.41, 5.74) is 0. The van der Waals surface area contributed by atoms with E-state index in [1.807, 2.05) is 0 Å². The van der Waals surface area contributed by atoms with Gasteiger partial charge in [-0.05, 0) is 25.1 Å². The molecule has 1 aromatic heterocycles. The van der Waals surface area contributed by atoms with Crippen LogP contribution in [0.1, 0.15) is 24.6 Å². The van der Waals surface area contributed by atoms with Crippen LogP contribution in [0.15, 0.2) is 0 Å². The summed E-state index contributed by atoms with van der Waals surface area (Å²) in [5, 5.41) is 13.1. The molecule has 0 radical (unpaired) electrons. The van der Waals surface area contributed by atoms with Gasteiger partial charge in [-0.2, -0.15) is 4.98 Å². The van der Waals surface area contributed by atoms with Crippen LogP contribution in [-0.4, -0.2) is 28.3 Å². The molecule has 1 aromatic rings. The zero-order chi connectivity index (χ0) is 9.26. The summed E-state index contributed by atoms with van der Waals surface area (Å²) in [7, 11) is 1.75. The van der Waals surface area contributed by atoms with Gasteiger partial charge in [0.25, 0.3) is 0 Å². The minimum Gasteiger partial charge on any atom is -0.412 e. The third-order valence-corrected chi connectivity index (χ3v) is 2.23. The van der Waals surface area contributed by atoms with Crippen molar-refractivity contribution in [1.82, 2.24) is 20.4 Å². The quantitative estimate of drug-likeness (QED) is 0.439. The Labute approximate surface area is 82.1 Å². The zero-order valence-electron chi connectivity index (χ0n) is 7.29. The summed E-state index contributed by atoms with van der Waals surface area (Å²) in [6.07, 6.45) is 2.43.